The summed E-state index contributed by atoms with van der Waals surface area (Å²) in [6.07, 6.45) is 0.312. The maximum absolute atomic E-state index is 6.03. The molecule has 0 bridgehead atoms. The number of para-hydroxylation sites is 1. The summed E-state index contributed by atoms with van der Waals surface area (Å²) in [7, 11) is 0. The lowest BCUT2D eigenvalue weighted by atomic mass is 10.0. The standard InChI is InChI=1S/C14H21NO2/c1-4-16-13-8-6-5-7-12(13)14-9-15-10(2)11(3)17-14/h5-8,10-11,14-15H,4,9H2,1-3H3. The molecular weight excluding hydrogens is 214 g/mol. The van der Waals surface area contributed by atoms with Crippen LogP contribution in [-0.4, -0.2) is 25.3 Å². The molecule has 0 aromatic heterocycles. The zero-order chi connectivity index (χ0) is 12.3. The van der Waals surface area contributed by atoms with Crippen LogP contribution in [-0.2, 0) is 4.74 Å². The Balaban J connectivity index is 2.16. The second-order valence-corrected chi connectivity index (χ2v) is 4.50. The number of nitrogens with one attached hydrogen (secondary N) is 1. The summed E-state index contributed by atoms with van der Waals surface area (Å²) in [5, 5.41) is 3.47. The minimum absolute atomic E-state index is 0.0870. The highest BCUT2D eigenvalue weighted by molar-refractivity contribution is 5.35. The number of hydrogen-bond acceptors (Lipinski definition) is 3. The van der Waals surface area contributed by atoms with Crippen molar-refractivity contribution in [2.24, 2.45) is 0 Å². The van der Waals surface area contributed by atoms with Gasteiger partial charge in [0.05, 0.1) is 18.8 Å². The van der Waals surface area contributed by atoms with Crippen LogP contribution in [0, 0.1) is 0 Å². The quantitative estimate of drug-likeness (QED) is 0.873. The third-order valence-corrected chi connectivity index (χ3v) is 3.27. The Morgan fingerprint density at radius 2 is 2.12 bits per heavy atom. The van der Waals surface area contributed by atoms with E-state index in [9.17, 15) is 0 Å². The second kappa shape index (κ2) is 5.52. The molecule has 1 aliphatic heterocycles. The van der Waals surface area contributed by atoms with Crippen LogP contribution in [0.5, 0.6) is 5.75 Å². The lowest BCUT2D eigenvalue weighted by molar-refractivity contribution is -0.0518. The lowest BCUT2D eigenvalue weighted by Gasteiger charge is -2.34. The van der Waals surface area contributed by atoms with Gasteiger partial charge < -0.3 is 14.8 Å². The van der Waals surface area contributed by atoms with E-state index in [0.717, 1.165) is 17.9 Å². The van der Waals surface area contributed by atoms with Crippen molar-refractivity contribution in [3.05, 3.63) is 29.8 Å². The van der Waals surface area contributed by atoms with Crippen molar-refractivity contribution < 1.29 is 9.47 Å². The van der Waals surface area contributed by atoms with Gasteiger partial charge in [-0.1, -0.05) is 18.2 Å². The molecule has 3 unspecified atom stereocenters. The molecule has 1 aliphatic rings. The molecule has 17 heavy (non-hydrogen) atoms. The Bertz CT molecular complexity index is 367. The van der Waals surface area contributed by atoms with E-state index in [1.165, 1.54) is 0 Å². The minimum atomic E-state index is 0.0870. The third kappa shape index (κ3) is 2.79. The summed E-state index contributed by atoms with van der Waals surface area (Å²) in [4.78, 5) is 0. The first-order valence-electron chi connectivity index (χ1n) is 6.33. The fourth-order valence-corrected chi connectivity index (χ4v) is 2.10. The summed E-state index contributed by atoms with van der Waals surface area (Å²) in [6, 6.07) is 8.52. The molecule has 3 nitrogen and oxygen atoms in total. The monoisotopic (exact) mass is 235 g/mol. The minimum Gasteiger partial charge on any atom is -0.493 e. The molecule has 1 saturated heterocycles. The van der Waals surface area contributed by atoms with E-state index in [1.807, 2.05) is 25.1 Å². The van der Waals surface area contributed by atoms with Crippen LogP contribution < -0.4 is 10.1 Å². The van der Waals surface area contributed by atoms with Crippen molar-refractivity contribution in [2.75, 3.05) is 13.2 Å². The van der Waals surface area contributed by atoms with Gasteiger partial charge in [0.2, 0.25) is 0 Å². The van der Waals surface area contributed by atoms with E-state index in [2.05, 4.69) is 25.2 Å². The van der Waals surface area contributed by atoms with Crippen molar-refractivity contribution in [2.45, 2.75) is 39.0 Å². The van der Waals surface area contributed by atoms with E-state index >= 15 is 0 Å². The fraction of sp³-hybridized carbons (Fsp3) is 0.571. The summed E-state index contributed by atoms with van der Waals surface area (Å²) >= 11 is 0. The van der Waals surface area contributed by atoms with E-state index < -0.39 is 0 Å². The average Bonchev–Trinajstić information content (AvgIpc) is 2.34. The number of hydrogen-bond donors (Lipinski definition) is 1. The van der Waals surface area contributed by atoms with Gasteiger partial charge in [-0.05, 0) is 26.8 Å². The van der Waals surface area contributed by atoms with Crippen LogP contribution in [0.25, 0.3) is 0 Å². The third-order valence-electron chi connectivity index (χ3n) is 3.27. The number of ether oxygens (including phenoxy) is 2. The van der Waals surface area contributed by atoms with E-state index in [1.54, 1.807) is 0 Å². The van der Waals surface area contributed by atoms with Gasteiger partial charge in [-0.3, -0.25) is 0 Å². The molecule has 94 valence electrons. The van der Waals surface area contributed by atoms with Gasteiger partial charge in [0.1, 0.15) is 5.75 Å². The molecule has 0 radical (unpaired) electrons. The zero-order valence-electron chi connectivity index (χ0n) is 10.8. The first-order valence-corrected chi connectivity index (χ1v) is 6.33. The zero-order valence-corrected chi connectivity index (χ0v) is 10.8. The predicted octanol–water partition coefficient (Wildman–Crippen LogP) is 2.52. The van der Waals surface area contributed by atoms with Crippen molar-refractivity contribution in [3.8, 4) is 5.75 Å². The largest absolute Gasteiger partial charge is 0.493 e. The van der Waals surface area contributed by atoms with Crippen LogP contribution >= 0.6 is 0 Å². The van der Waals surface area contributed by atoms with Gasteiger partial charge in [0.15, 0.2) is 0 Å². The SMILES string of the molecule is CCOc1ccccc1C1CNC(C)C(C)O1. The molecule has 0 spiro atoms. The first-order chi connectivity index (χ1) is 8.22. The second-order valence-electron chi connectivity index (χ2n) is 4.50. The van der Waals surface area contributed by atoms with Crippen LogP contribution in [0.15, 0.2) is 24.3 Å². The van der Waals surface area contributed by atoms with Gasteiger partial charge in [0, 0.05) is 18.2 Å². The van der Waals surface area contributed by atoms with Crippen molar-refractivity contribution in [1.82, 2.24) is 5.32 Å². The molecule has 0 aliphatic carbocycles. The predicted molar refractivity (Wildman–Crippen MR) is 68.4 cm³/mol. The smallest absolute Gasteiger partial charge is 0.125 e. The first kappa shape index (κ1) is 12.4. The molecule has 0 saturated carbocycles. The summed E-state index contributed by atoms with van der Waals surface area (Å²) < 4.78 is 11.7. The van der Waals surface area contributed by atoms with Crippen LogP contribution in [0.4, 0.5) is 0 Å². The van der Waals surface area contributed by atoms with Crippen LogP contribution in [0.2, 0.25) is 0 Å². The fourth-order valence-electron chi connectivity index (χ4n) is 2.10. The lowest BCUT2D eigenvalue weighted by Crippen LogP contribution is -2.46. The normalized spacial score (nSPS) is 29.0. The number of morpholine rings is 1. The Morgan fingerprint density at radius 3 is 2.82 bits per heavy atom. The van der Waals surface area contributed by atoms with E-state index in [0.29, 0.717) is 12.6 Å². The topological polar surface area (TPSA) is 30.5 Å². The molecule has 2 rings (SSSR count). The molecule has 3 atom stereocenters. The average molecular weight is 235 g/mol. The molecular formula is C14H21NO2. The number of rotatable bonds is 3. The van der Waals surface area contributed by atoms with Crippen LogP contribution in [0.1, 0.15) is 32.4 Å². The summed E-state index contributed by atoms with van der Waals surface area (Å²) in [6.45, 7) is 7.78. The Hall–Kier alpha value is -1.06. The number of benzene rings is 1. The molecule has 3 heteroatoms. The molecule has 1 N–H and O–H groups in total. The maximum atomic E-state index is 6.03. The van der Waals surface area contributed by atoms with Gasteiger partial charge in [0.25, 0.3) is 0 Å². The molecule has 1 fully saturated rings. The summed E-state index contributed by atoms with van der Waals surface area (Å²) in [5.74, 6) is 0.934. The Morgan fingerprint density at radius 1 is 1.35 bits per heavy atom. The van der Waals surface area contributed by atoms with E-state index in [-0.39, 0.29) is 12.2 Å². The highest BCUT2D eigenvalue weighted by atomic mass is 16.5. The summed E-state index contributed by atoms with van der Waals surface area (Å²) in [5.41, 5.74) is 1.14. The molecule has 1 heterocycles. The van der Waals surface area contributed by atoms with Crippen molar-refractivity contribution in [1.29, 1.82) is 0 Å². The van der Waals surface area contributed by atoms with E-state index in [4.69, 9.17) is 9.47 Å². The van der Waals surface area contributed by atoms with Gasteiger partial charge >= 0.3 is 0 Å². The molecule has 1 aromatic carbocycles. The Kier molecular flexibility index (Phi) is 4.02. The molecule has 1 aromatic rings. The highest BCUT2D eigenvalue weighted by Crippen LogP contribution is 2.30. The molecule has 0 amide bonds. The van der Waals surface area contributed by atoms with Crippen molar-refractivity contribution in [3.63, 3.8) is 0 Å². The van der Waals surface area contributed by atoms with Gasteiger partial charge in [-0.15, -0.1) is 0 Å². The van der Waals surface area contributed by atoms with Crippen molar-refractivity contribution >= 4 is 0 Å². The highest BCUT2D eigenvalue weighted by Gasteiger charge is 2.27. The van der Waals surface area contributed by atoms with Crippen LogP contribution in [0.3, 0.4) is 0 Å². The van der Waals surface area contributed by atoms with Gasteiger partial charge in [-0.2, -0.15) is 0 Å². The van der Waals surface area contributed by atoms with Gasteiger partial charge in [-0.25, -0.2) is 0 Å². The maximum Gasteiger partial charge on any atom is 0.125 e. The Labute approximate surface area is 103 Å².